The number of nitrogens with one attached hydrogen (secondary N) is 2. The van der Waals surface area contributed by atoms with Crippen LogP contribution < -0.4 is 10.9 Å². The fraction of sp³-hybridized carbons (Fsp3) is 0.417. The summed E-state index contributed by atoms with van der Waals surface area (Å²) in [5.74, 6) is 1.07. The molecule has 2 N–H and O–H groups in total. The Balaban J connectivity index is 1.86. The number of hydrogen-bond donors (Lipinski definition) is 2. The molecule has 86 valence electrons. The molecule has 1 heterocycles. The molecular weight excluding hydrogens is 266 g/mol. The summed E-state index contributed by atoms with van der Waals surface area (Å²) in [6.45, 7) is 0.949. The third-order valence-electron chi connectivity index (χ3n) is 2.57. The molecular formula is C12H16BrN3. The first-order valence-electron chi connectivity index (χ1n) is 5.65. The quantitative estimate of drug-likeness (QED) is 0.816. The lowest BCUT2D eigenvalue weighted by Gasteiger charge is -2.11. The van der Waals surface area contributed by atoms with Crippen LogP contribution >= 0.6 is 15.9 Å². The number of rotatable bonds is 2. The van der Waals surface area contributed by atoms with Crippen LogP contribution in [0.3, 0.4) is 0 Å². The molecule has 0 amide bonds. The highest BCUT2D eigenvalue weighted by Crippen LogP contribution is 2.13. The summed E-state index contributed by atoms with van der Waals surface area (Å²) in [6, 6.07) is 8.07. The van der Waals surface area contributed by atoms with E-state index in [1.165, 1.54) is 19.3 Å². The molecule has 0 aromatic heterocycles. The van der Waals surface area contributed by atoms with Gasteiger partial charge in [0.15, 0.2) is 0 Å². The minimum atomic E-state index is 0.949. The minimum absolute atomic E-state index is 0.949. The summed E-state index contributed by atoms with van der Waals surface area (Å²) in [4.78, 5) is 4.49. The molecule has 3 nitrogen and oxygen atoms in total. The van der Waals surface area contributed by atoms with Crippen molar-refractivity contribution in [3.8, 4) is 0 Å². The summed E-state index contributed by atoms with van der Waals surface area (Å²) in [5.41, 5.74) is 7.40. The SMILES string of the molecule is Brc1ccc(NNC2=NCCCCC2)cc1. The van der Waals surface area contributed by atoms with Crippen molar-refractivity contribution in [1.82, 2.24) is 5.43 Å². The number of benzene rings is 1. The third-order valence-corrected chi connectivity index (χ3v) is 3.10. The Morgan fingerprint density at radius 2 is 1.81 bits per heavy atom. The predicted molar refractivity (Wildman–Crippen MR) is 71.7 cm³/mol. The lowest BCUT2D eigenvalue weighted by atomic mass is 10.2. The van der Waals surface area contributed by atoms with Crippen LogP contribution in [-0.2, 0) is 0 Å². The van der Waals surface area contributed by atoms with E-state index in [0.29, 0.717) is 0 Å². The number of amidine groups is 1. The maximum absolute atomic E-state index is 4.49. The molecule has 0 bridgehead atoms. The first-order chi connectivity index (χ1) is 7.84. The van der Waals surface area contributed by atoms with Crippen LogP contribution in [0.25, 0.3) is 0 Å². The van der Waals surface area contributed by atoms with Gasteiger partial charge in [-0.05, 0) is 37.1 Å². The molecule has 1 aromatic rings. The van der Waals surface area contributed by atoms with Gasteiger partial charge in [-0.2, -0.15) is 0 Å². The number of hydrazine groups is 1. The van der Waals surface area contributed by atoms with Gasteiger partial charge in [0.05, 0.1) is 5.69 Å². The molecule has 1 aromatic carbocycles. The maximum Gasteiger partial charge on any atom is 0.115 e. The van der Waals surface area contributed by atoms with Crippen LogP contribution in [0.15, 0.2) is 33.7 Å². The van der Waals surface area contributed by atoms with Crippen molar-refractivity contribution in [3.63, 3.8) is 0 Å². The normalized spacial score (nSPS) is 16.2. The van der Waals surface area contributed by atoms with Crippen LogP contribution in [-0.4, -0.2) is 12.4 Å². The Kier molecular flexibility index (Phi) is 4.22. The van der Waals surface area contributed by atoms with E-state index in [-0.39, 0.29) is 0 Å². The third kappa shape index (κ3) is 3.52. The molecule has 1 aliphatic heterocycles. The number of nitrogens with zero attached hydrogens (tertiary/aromatic N) is 1. The number of aliphatic imine (C=N–C) groups is 1. The van der Waals surface area contributed by atoms with Gasteiger partial charge in [-0.1, -0.05) is 22.4 Å². The zero-order valence-electron chi connectivity index (χ0n) is 9.17. The predicted octanol–water partition coefficient (Wildman–Crippen LogP) is 3.34. The Bertz CT molecular complexity index is 359. The smallest absolute Gasteiger partial charge is 0.115 e. The zero-order valence-corrected chi connectivity index (χ0v) is 10.8. The summed E-state index contributed by atoms with van der Waals surface area (Å²) in [6.07, 6.45) is 4.77. The molecule has 0 unspecified atom stereocenters. The fourth-order valence-electron chi connectivity index (χ4n) is 1.65. The highest BCUT2D eigenvalue weighted by atomic mass is 79.9. The summed E-state index contributed by atoms with van der Waals surface area (Å²) < 4.78 is 1.09. The van der Waals surface area contributed by atoms with Gasteiger partial charge in [-0.25, -0.2) is 0 Å². The molecule has 0 atom stereocenters. The molecule has 0 saturated carbocycles. The Labute approximate surface area is 104 Å². The molecule has 4 heteroatoms. The number of anilines is 1. The van der Waals surface area contributed by atoms with Crippen molar-refractivity contribution in [2.75, 3.05) is 12.0 Å². The van der Waals surface area contributed by atoms with Crippen molar-refractivity contribution in [2.45, 2.75) is 25.7 Å². The molecule has 0 aliphatic carbocycles. The second-order valence-corrected chi connectivity index (χ2v) is 4.81. The summed E-state index contributed by atoms with van der Waals surface area (Å²) >= 11 is 3.41. The molecule has 16 heavy (non-hydrogen) atoms. The topological polar surface area (TPSA) is 36.4 Å². The van der Waals surface area contributed by atoms with Gasteiger partial charge in [0.25, 0.3) is 0 Å². The monoisotopic (exact) mass is 281 g/mol. The van der Waals surface area contributed by atoms with Crippen molar-refractivity contribution >= 4 is 27.5 Å². The zero-order chi connectivity index (χ0) is 11.2. The van der Waals surface area contributed by atoms with E-state index in [1.54, 1.807) is 0 Å². The van der Waals surface area contributed by atoms with Crippen molar-refractivity contribution in [2.24, 2.45) is 4.99 Å². The lowest BCUT2D eigenvalue weighted by Crippen LogP contribution is -2.29. The molecule has 0 radical (unpaired) electrons. The van der Waals surface area contributed by atoms with Gasteiger partial charge in [0, 0.05) is 17.4 Å². The van der Waals surface area contributed by atoms with Crippen LogP contribution in [0.2, 0.25) is 0 Å². The van der Waals surface area contributed by atoms with E-state index in [9.17, 15) is 0 Å². The molecule has 0 saturated heterocycles. The molecule has 2 rings (SSSR count). The van der Waals surface area contributed by atoms with Crippen molar-refractivity contribution in [3.05, 3.63) is 28.7 Å². The standard InChI is InChI=1S/C12H16BrN3/c13-10-5-7-11(8-6-10)15-16-12-4-2-1-3-9-14-12/h5-8,15H,1-4,9H2,(H,14,16). The van der Waals surface area contributed by atoms with Crippen LogP contribution in [0.5, 0.6) is 0 Å². The lowest BCUT2D eigenvalue weighted by molar-refractivity contribution is 0.729. The first kappa shape index (κ1) is 11.5. The molecule has 1 aliphatic rings. The summed E-state index contributed by atoms with van der Waals surface area (Å²) in [5, 5.41) is 0. The van der Waals surface area contributed by atoms with Gasteiger partial charge in [0.2, 0.25) is 0 Å². The Hall–Kier alpha value is -1.03. The van der Waals surface area contributed by atoms with E-state index >= 15 is 0 Å². The van der Waals surface area contributed by atoms with E-state index in [2.05, 4.69) is 31.8 Å². The van der Waals surface area contributed by atoms with Crippen LogP contribution in [0, 0.1) is 0 Å². The highest BCUT2D eigenvalue weighted by Gasteiger charge is 2.02. The molecule has 0 spiro atoms. The highest BCUT2D eigenvalue weighted by molar-refractivity contribution is 9.10. The van der Waals surface area contributed by atoms with Crippen molar-refractivity contribution in [1.29, 1.82) is 0 Å². The second-order valence-electron chi connectivity index (χ2n) is 3.90. The largest absolute Gasteiger partial charge is 0.300 e. The average molecular weight is 282 g/mol. The second kappa shape index (κ2) is 5.89. The van der Waals surface area contributed by atoms with Crippen molar-refractivity contribution < 1.29 is 0 Å². The van der Waals surface area contributed by atoms with Gasteiger partial charge in [0.1, 0.15) is 5.84 Å². The molecule has 0 fully saturated rings. The van der Waals surface area contributed by atoms with Gasteiger partial charge < -0.3 is 0 Å². The van der Waals surface area contributed by atoms with Crippen LogP contribution in [0.4, 0.5) is 5.69 Å². The van der Waals surface area contributed by atoms with Gasteiger partial charge in [-0.15, -0.1) is 0 Å². The van der Waals surface area contributed by atoms with Gasteiger partial charge >= 0.3 is 0 Å². The van der Waals surface area contributed by atoms with E-state index in [4.69, 9.17) is 0 Å². The summed E-state index contributed by atoms with van der Waals surface area (Å²) in [7, 11) is 0. The first-order valence-corrected chi connectivity index (χ1v) is 6.45. The average Bonchev–Trinajstić information content (AvgIpc) is 2.57. The van der Waals surface area contributed by atoms with E-state index < -0.39 is 0 Å². The van der Waals surface area contributed by atoms with E-state index in [1.807, 2.05) is 24.3 Å². The Morgan fingerprint density at radius 1 is 1.00 bits per heavy atom. The Morgan fingerprint density at radius 3 is 2.62 bits per heavy atom. The number of halogens is 1. The minimum Gasteiger partial charge on any atom is -0.300 e. The fourth-order valence-corrected chi connectivity index (χ4v) is 1.92. The van der Waals surface area contributed by atoms with Gasteiger partial charge in [-0.3, -0.25) is 15.8 Å². The number of hydrogen-bond acceptors (Lipinski definition) is 3. The maximum atomic E-state index is 4.49. The van der Waals surface area contributed by atoms with E-state index in [0.717, 1.165) is 29.0 Å². The van der Waals surface area contributed by atoms with Crippen LogP contribution in [0.1, 0.15) is 25.7 Å².